The molecule has 8 aromatic heterocycles. The van der Waals surface area contributed by atoms with Crippen LogP contribution in [0.1, 0.15) is 63.5 Å². The monoisotopic (exact) mass is 2130 g/mol. The first-order chi connectivity index (χ1) is 70.3. The third kappa shape index (κ3) is 27.3. The molecule has 0 aliphatic carbocycles. The van der Waals surface area contributed by atoms with Gasteiger partial charge in [0.25, 0.3) is 0 Å². The van der Waals surface area contributed by atoms with E-state index in [2.05, 4.69) is 97.4 Å². The van der Waals surface area contributed by atoms with Crippen molar-refractivity contribution in [2.45, 2.75) is 157 Å². The number of esters is 2. The van der Waals surface area contributed by atoms with Crippen molar-refractivity contribution in [3.8, 4) is 86.7 Å². The maximum Gasteiger partial charge on any atom is 1.00 e. The van der Waals surface area contributed by atoms with Crippen LogP contribution in [0.5, 0.6) is 18.0 Å². The Morgan fingerprint density at radius 1 is 0.456 bits per heavy atom. The van der Waals surface area contributed by atoms with Crippen molar-refractivity contribution in [3.63, 3.8) is 0 Å². The average Bonchev–Trinajstić information content (AvgIpc) is 1.75. The molecule has 17 rings (SSSR count). The molecular weight excluding hydrogens is 2040 g/mol. The third-order valence-electron chi connectivity index (χ3n) is 24.0. The van der Waals surface area contributed by atoms with Gasteiger partial charge in [0, 0.05) is 117 Å². The molecule has 3 aromatic carbocycles. The van der Waals surface area contributed by atoms with Gasteiger partial charge < -0.3 is 97.0 Å². The van der Waals surface area contributed by atoms with E-state index in [-0.39, 0.29) is 140 Å². The van der Waals surface area contributed by atoms with Gasteiger partial charge in [-0.05, 0) is 41.9 Å². The Morgan fingerprint density at radius 2 is 0.755 bits per heavy atom. The van der Waals surface area contributed by atoms with E-state index < -0.39 is 200 Å². The summed E-state index contributed by atoms with van der Waals surface area (Å²) in [6, 6.07) is 1.44. The number of methoxy groups -OCH3 is 6. The van der Waals surface area contributed by atoms with Crippen molar-refractivity contribution >= 4 is 47.2 Å². The average molecular weight is 2130 g/mol. The number of azide groups is 1. The molecule has 14 heterocycles. The van der Waals surface area contributed by atoms with Gasteiger partial charge in [0.05, 0.1) is 169 Å². The van der Waals surface area contributed by atoms with E-state index in [9.17, 15) is 74.6 Å². The van der Waals surface area contributed by atoms with E-state index in [0.29, 0.717) is 34.1 Å². The van der Waals surface area contributed by atoms with Crippen LogP contribution >= 0.6 is 35.3 Å². The van der Waals surface area contributed by atoms with E-state index in [1.807, 2.05) is 13.8 Å². The van der Waals surface area contributed by atoms with Gasteiger partial charge in [-0.25, -0.2) is 92.8 Å². The molecule has 11 aromatic rings. The van der Waals surface area contributed by atoms with Gasteiger partial charge in [-0.3, -0.25) is 9.59 Å². The van der Waals surface area contributed by atoms with Gasteiger partial charge in [-0.1, -0.05) is 50.9 Å². The van der Waals surface area contributed by atoms with Crippen molar-refractivity contribution in [2.75, 3.05) is 109 Å². The number of hydrogen-bond acceptors (Lipinski definition) is 42. The zero-order valence-corrected chi connectivity index (χ0v) is 84.6. The molecule has 6 saturated heterocycles. The molecule has 5 N–H and O–H groups in total. The van der Waals surface area contributed by atoms with Crippen LogP contribution in [-0.2, 0) is 61.7 Å². The van der Waals surface area contributed by atoms with Crippen LogP contribution in [0, 0.1) is 76.5 Å². The van der Waals surface area contributed by atoms with E-state index in [4.69, 9.17) is 83.4 Å². The molecule has 0 amide bonds. The number of terminal acetylenes is 1. The Balaban J connectivity index is 0.000000185. The number of carbonyl (C=O) groups excluding carboxylic acids is 2. The summed E-state index contributed by atoms with van der Waals surface area (Å²) in [5, 5.41) is 106. The molecule has 6 aliphatic heterocycles. The van der Waals surface area contributed by atoms with Crippen LogP contribution < -0.4 is 48.9 Å². The molecule has 59 heteroatoms. The minimum absolute atomic E-state index is 0. The molecule has 6 aliphatic rings. The second kappa shape index (κ2) is 53.2. The normalized spacial score (nSPS) is 26.8. The summed E-state index contributed by atoms with van der Waals surface area (Å²) in [7, 11) is 9.52. The molecule has 147 heavy (non-hydrogen) atoms. The largest absolute Gasteiger partial charge is 1.00 e. The number of rotatable bonds is 28. The van der Waals surface area contributed by atoms with Gasteiger partial charge >= 0.3 is 59.5 Å². The van der Waals surface area contributed by atoms with Crippen molar-refractivity contribution < 1.29 is 176 Å². The van der Waals surface area contributed by atoms with E-state index in [1.54, 1.807) is 24.8 Å². The number of aromatic nitrogens is 21. The predicted molar refractivity (Wildman–Crippen MR) is 489 cm³/mol. The minimum atomic E-state index is -1.62. The van der Waals surface area contributed by atoms with Gasteiger partial charge in [0.1, 0.15) is 107 Å². The minimum Gasteiger partial charge on any atom is -0.857 e. The van der Waals surface area contributed by atoms with E-state index in [0.717, 1.165) is 43.5 Å². The first kappa shape index (κ1) is 114. The second-order valence-electron chi connectivity index (χ2n) is 32.9. The predicted octanol–water partition coefficient (Wildman–Crippen LogP) is 2.88. The number of nitrogens with zero attached hydrogens (tertiary/aromatic N) is 24. The fourth-order valence-corrected chi connectivity index (χ4v) is 20.9. The van der Waals surface area contributed by atoms with Gasteiger partial charge in [-0.15, -0.1) is 67.2 Å². The molecule has 24 unspecified atom stereocenters. The van der Waals surface area contributed by atoms with Gasteiger partial charge in [-0.2, -0.15) is 7.11 Å². The third-order valence-corrected chi connectivity index (χ3v) is 28.2. The van der Waals surface area contributed by atoms with Crippen LogP contribution in [0.4, 0.5) is 39.5 Å². The topological polar surface area (TPSA) is 567 Å². The number of halogens is 9. The van der Waals surface area contributed by atoms with E-state index >= 15 is 0 Å². The maximum absolute atomic E-state index is 14.0. The first-order valence-electron chi connectivity index (χ1n) is 44.2. The summed E-state index contributed by atoms with van der Waals surface area (Å²) >= 11 is 3.66. The van der Waals surface area contributed by atoms with Gasteiger partial charge in [0.2, 0.25) is 0 Å². The maximum atomic E-state index is 14.0. The second-order valence-corrected chi connectivity index (χ2v) is 36.9. The molecule has 0 spiro atoms. The van der Waals surface area contributed by atoms with Crippen LogP contribution in [-0.4, -0.2) is 351 Å². The number of carbonyl (C=O) groups is 2. The number of aliphatic hydroxyl groups is 5. The molecule has 784 valence electrons. The van der Waals surface area contributed by atoms with Crippen molar-refractivity contribution in [1.29, 1.82) is 0 Å². The number of thioether (sulfide) groups is 3. The summed E-state index contributed by atoms with van der Waals surface area (Å²) in [4.78, 5) is 50.0. The first-order valence-corrected chi connectivity index (χ1v) is 47.0. The number of benzene rings is 3. The number of hydrogen-bond donors (Lipinski definition) is 5. The standard InChI is InChI=1S/C30H33F3N8O7S.C27H29F3N8O7S.C23H27F3N6O6S.C7H6N2O.CH3O.Na/c1-14-23(12-47-15(2)42)48-29(28(44-3)26(14)41-10-20(36-39-41)16-5-18(31)25(33)19(32)6-16)49-24-13-46-11-22(27(24)43)40-9-21(37-38-40)17-7-34-30(45-4)35-8-17;1-42-25-22(38-8-16(33-36-38)12-3-14(28)21(30)15(29)4-12)24(41)19(9-39)45-26(25)46-20-11-44-10-18(23(20)40)37-7-17(34-35-37)13-5-31-27(43-2)32-6-13;1-10-17(8-37-11(2)33)38-23(39-18-9-36-7-16(21(18)34)28-30-27)22(35-3)20(10)32-6-15(29-31-32)12-4-13(24)19(26)14(25)5-12;1-3-6-4-8-7(10-2)9-5-6;1-2;/h5-10,14,22-24,26-29,43H,11-13H2,1-4H3;3-8,18-20,22-26,39-41H,9-11H2,1-2H3;4-6,10,16-18,20-23,34H,7-9H2,1-3H3;1,4-5H,2H3;1H3;/q;;;;-1;+1. The Kier molecular flexibility index (Phi) is 41.4. The van der Waals surface area contributed by atoms with Crippen LogP contribution in [0.15, 0.2) is 110 Å². The Hall–Kier alpha value is -11.4. The summed E-state index contributed by atoms with van der Waals surface area (Å²) in [5.41, 5.74) is 9.36. The van der Waals surface area contributed by atoms with Crippen LogP contribution in [0.2, 0.25) is 0 Å². The Morgan fingerprint density at radius 3 is 1.07 bits per heavy atom. The van der Waals surface area contributed by atoms with Crippen LogP contribution in [0.3, 0.4) is 0 Å². The molecule has 0 radical (unpaired) electrons. The fourth-order valence-electron chi connectivity index (χ4n) is 16.4. The molecule has 46 nitrogen and oxygen atoms in total. The zero-order chi connectivity index (χ0) is 105. The zero-order valence-electron chi connectivity index (χ0n) is 80.1. The van der Waals surface area contributed by atoms with Crippen molar-refractivity contribution in [2.24, 2.45) is 17.0 Å². The summed E-state index contributed by atoms with van der Waals surface area (Å²) in [5.74, 6) is -12.4. The fraction of sp³-hybridized carbons (Fsp3) is 0.500. The summed E-state index contributed by atoms with van der Waals surface area (Å²) < 4.78 is 210. The molecule has 0 bridgehead atoms. The Bertz CT molecular complexity index is 6200. The van der Waals surface area contributed by atoms with Gasteiger partial charge in [0.15, 0.2) is 52.4 Å². The van der Waals surface area contributed by atoms with Crippen LogP contribution in [0.25, 0.3) is 66.7 Å². The molecule has 6 fully saturated rings. The summed E-state index contributed by atoms with van der Waals surface area (Å²) in [6.45, 7) is 6.37. The quantitative estimate of drug-likeness (QED) is 0.00688. The smallest absolute Gasteiger partial charge is 0.857 e. The molecular formula is C88H98F9N24NaO22S3. The van der Waals surface area contributed by atoms with Crippen molar-refractivity contribution in [1.82, 2.24) is 105 Å². The SMILES string of the molecule is C#Cc1cnc(OC)nc1.COC1C(SC2COCC(N=[N+]=[N-])C2O)OC(COC(C)=O)C(C)C1n1cc(-c2cc(F)c(F)c(F)c2)nn1.COc1ncc(-c2cn(C3COCC(SC4OC(CO)C(O)C(n5cc(-c6cc(F)c(F)c(F)c6)nn5)C4OC)C3O)nn2)cn1.COc1ncc(-c2cn(C3COCC(SC4OC(COC(C)=O)C(C)C(n5cc(-c6cc(F)c(F)c(F)c6)nn5)C4OC)C3O)nn2)cn1.C[O-].[Na+]. The number of aliphatic hydroxyl groups excluding tert-OH is 5. The van der Waals surface area contributed by atoms with Crippen molar-refractivity contribution in [3.05, 3.63) is 173 Å². The van der Waals surface area contributed by atoms with E-state index in [1.165, 1.54) is 159 Å². The summed E-state index contributed by atoms with van der Waals surface area (Å²) in [6.07, 6.45) is 12.8. The molecule has 0 saturated carbocycles. The Labute approximate surface area is 865 Å². The number of ether oxygens (including phenoxy) is 14. The molecule has 24 atom stereocenters.